The zero-order chi connectivity index (χ0) is 14.7. The van der Waals surface area contributed by atoms with E-state index in [2.05, 4.69) is 4.72 Å². The molecule has 1 unspecified atom stereocenters. The van der Waals surface area contributed by atoms with Crippen LogP contribution < -0.4 is 4.72 Å². The minimum atomic E-state index is -4.29. The van der Waals surface area contributed by atoms with Crippen LogP contribution in [0.5, 0.6) is 0 Å². The molecule has 0 aliphatic carbocycles. The predicted molar refractivity (Wildman–Crippen MR) is 62.8 cm³/mol. The van der Waals surface area contributed by atoms with Crippen molar-refractivity contribution in [2.45, 2.75) is 25.4 Å². The number of piperidine rings is 1. The van der Waals surface area contributed by atoms with Crippen molar-refractivity contribution in [1.29, 1.82) is 0 Å². The molecule has 9 heteroatoms. The first-order valence-electron chi connectivity index (χ1n) is 5.89. The van der Waals surface area contributed by atoms with Gasteiger partial charge in [-0.2, -0.15) is 13.2 Å². The largest absolute Gasteiger partial charge is 0.393 e. The van der Waals surface area contributed by atoms with Crippen molar-refractivity contribution >= 4 is 15.9 Å². The molecule has 0 bridgehead atoms. The number of alkyl halides is 3. The standard InChI is InChI=1S/C10H17F3N2O3S/c1-19(17,18)14-5-4-9(16)15-6-2-3-8(7-15)10(11,12)13/h8,14H,2-7H2,1H3. The molecule has 0 saturated carbocycles. The molecule has 1 heterocycles. The van der Waals surface area contributed by atoms with Gasteiger partial charge >= 0.3 is 6.18 Å². The minimum Gasteiger partial charge on any atom is -0.342 e. The van der Waals surface area contributed by atoms with E-state index >= 15 is 0 Å². The topological polar surface area (TPSA) is 66.5 Å². The van der Waals surface area contributed by atoms with E-state index in [9.17, 15) is 26.4 Å². The van der Waals surface area contributed by atoms with Gasteiger partial charge in [-0.1, -0.05) is 0 Å². The first-order valence-corrected chi connectivity index (χ1v) is 7.78. The highest BCUT2D eigenvalue weighted by atomic mass is 32.2. The van der Waals surface area contributed by atoms with E-state index in [0.29, 0.717) is 13.0 Å². The molecule has 0 aromatic heterocycles. The molecule has 1 fully saturated rings. The summed E-state index contributed by atoms with van der Waals surface area (Å²) in [6.45, 7) is -0.129. The Hall–Kier alpha value is -0.830. The lowest BCUT2D eigenvalue weighted by molar-refractivity contribution is -0.188. The second-order valence-electron chi connectivity index (χ2n) is 4.64. The molecule has 1 amide bonds. The smallest absolute Gasteiger partial charge is 0.342 e. The van der Waals surface area contributed by atoms with E-state index in [1.165, 1.54) is 0 Å². The van der Waals surface area contributed by atoms with Crippen LogP contribution in [-0.2, 0) is 14.8 Å². The van der Waals surface area contributed by atoms with Gasteiger partial charge in [-0.25, -0.2) is 13.1 Å². The lowest BCUT2D eigenvalue weighted by atomic mass is 9.97. The number of amides is 1. The van der Waals surface area contributed by atoms with Crippen molar-refractivity contribution in [2.75, 3.05) is 25.9 Å². The van der Waals surface area contributed by atoms with Gasteiger partial charge in [-0.3, -0.25) is 4.79 Å². The van der Waals surface area contributed by atoms with Gasteiger partial charge in [-0.15, -0.1) is 0 Å². The van der Waals surface area contributed by atoms with Crippen LogP contribution in [0.1, 0.15) is 19.3 Å². The van der Waals surface area contributed by atoms with E-state index in [1.54, 1.807) is 0 Å². The third-order valence-corrected chi connectivity index (χ3v) is 3.67. The van der Waals surface area contributed by atoms with E-state index < -0.39 is 28.0 Å². The SMILES string of the molecule is CS(=O)(=O)NCCC(=O)N1CCCC(C(F)(F)F)C1. The second-order valence-corrected chi connectivity index (χ2v) is 6.47. The molecule has 112 valence electrons. The van der Waals surface area contributed by atoms with Crippen LogP contribution in [-0.4, -0.2) is 51.3 Å². The highest BCUT2D eigenvalue weighted by Gasteiger charge is 2.42. The third-order valence-electron chi connectivity index (χ3n) is 2.94. The second kappa shape index (κ2) is 6.08. The number of carbonyl (C=O) groups excluding carboxylic acids is 1. The number of nitrogens with one attached hydrogen (secondary N) is 1. The molecule has 19 heavy (non-hydrogen) atoms. The molecule has 1 aliphatic rings. The van der Waals surface area contributed by atoms with Crippen molar-refractivity contribution in [3.8, 4) is 0 Å². The summed E-state index contributed by atoms with van der Waals surface area (Å²) in [5, 5.41) is 0. The summed E-state index contributed by atoms with van der Waals surface area (Å²) in [6, 6.07) is 0. The van der Waals surface area contributed by atoms with Crippen LogP contribution in [0.4, 0.5) is 13.2 Å². The summed E-state index contributed by atoms with van der Waals surface area (Å²) in [5.74, 6) is -1.93. The summed E-state index contributed by atoms with van der Waals surface area (Å²) < 4.78 is 61.4. The first-order chi connectivity index (χ1) is 8.59. The monoisotopic (exact) mass is 302 g/mol. The quantitative estimate of drug-likeness (QED) is 0.832. The van der Waals surface area contributed by atoms with E-state index in [0.717, 1.165) is 11.2 Å². The van der Waals surface area contributed by atoms with Crippen LogP contribution in [0.25, 0.3) is 0 Å². The van der Waals surface area contributed by atoms with Gasteiger partial charge in [0.1, 0.15) is 0 Å². The Labute approximate surface area is 110 Å². The maximum absolute atomic E-state index is 12.6. The van der Waals surface area contributed by atoms with Gasteiger partial charge in [-0.05, 0) is 12.8 Å². The number of nitrogens with zero attached hydrogens (tertiary/aromatic N) is 1. The lowest BCUT2D eigenvalue weighted by Crippen LogP contribution is -2.45. The zero-order valence-corrected chi connectivity index (χ0v) is 11.4. The number of carbonyl (C=O) groups is 1. The molecular weight excluding hydrogens is 285 g/mol. The van der Waals surface area contributed by atoms with E-state index in [-0.39, 0.29) is 25.9 Å². The van der Waals surface area contributed by atoms with Crippen LogP contribution in [0.3, 0.4) is 0 Å². The van der Waals surface area contributed by atoms with Crippen molar-refractivity contribution in [1.82, 2.24) is 9.62 Å². The molecule has 0 radical (unpaired) electrons. The fourth-order valence-corrected chi connectivity index (χ4v) is 2.45. The van der Waals surface area contributed by atoms with Gasteiger partial charge in [0.15, 0.2) is 0 Å². The van der Waals surface area contributed by atoms with Crippen molar-refractivity contribution < 1.29 is 26.4 Å². The highest BCUT2D eigenvalue weighted by molar-refractivity contribution is 7.88. The Morgan fingerprint density at radius 3 is 2.58 bits per heavy atom. The molecular formula is C10H17F3N2O3S. The molecule has 1 N–H and O–H groups in total. The molecule has 1 aliphatic heterocycles. The number of halogens is 3. The maximum atomic E-state index is 12.6. The number of hydrogen-bond donors (Lipinski definition) is 1. The zero-order valence-electron chi connectivity index (χ0n) is 10.5. The molecule has 1 rings (SSSR count). The normalized spacial score (nSPS) is 21.5. The Kier molecular flexibility index (Phi) is 5.19. The molecule has 0 aromatic carbocycles. The predicted octanol–water partition coefficient (Wildman–Crippen LogP) is 0.727. The Balaban J connectivity index is 2.44. The summed E-state index contributed by atoms with van der Waals surface area (Å²) in [4.78, 5) is 12.8. The minimum absolute atomic E-state index is 0.0366. The summed E-state index contributed by atoms with van der Waals surface area (Å²) in [7, 11) is -3.39. The average Bonchev–Trinajstić information content (AvgIpc) is 2.26. The summed E-state index contributed by atoms with van der Waals surface area (Å²) >= 11 is 0. The van der Waals surface area contributed by atoms with Gasteiger partial charge in [0.25, 0.3) is 0 Å². The highest BCUT2D eigenvalue weighted by Crippen LogP contribution is 2.33. The lowest BCUT2D eigenvalue weighted by Gasteiger charge is -2.33. The Morgan fingerprint density at radius 2 is 2.05 bits per heavy atom. The summed E-state index contributed by atoms with van der Waals surface area (Å²) in [5.41, 5.74) is 0. The van der Waals surface area contributed by atoms with Crippen molar-refractivity contribution in [3.63, 3.8) is 0 Å². The third kappa shape index (κ3) is 5.77. The fraction of sp³-hybridized carbons (Fsp3) is 0.900. The van der Waals surface area contributed by atoms with Crippen molar-refractivity contribution in [2.24, 2.45) is 5.92 Å². The molecule has 5 nitrogen and oxygen atoms in total. The van der Waals surface area contributed by atoms with Gasteiger partial charge in [0.2, 0.25) is 15.9 Å². The fourth-order valence-electron chi connectivity index (χ4n) is 1.97. The summed E-state index contributed by atoms with van der Waals surface area (Å²) in [6.07, 6.45) is -3.11. The molecule has 0 aromatic rings. The Bertz CT molecular complexity index is 422. The number of rotatable bonds is 4. The van der Waals surface area contributed by atoms with Crippen molar-refractivity contribution in [3.05, 3.63) is 0 Å². The Morgan fingerprint density at radius 1 is 1.42 bits per heavy atom. The van der Waals surface area contributed by atoms with Gasteiger partial charge in [0, 0.05) is 26.1 Å². The van der Waals surface area contributed by atoms with Gasteiger partial charge < -0.3 is 4.90 Å². The molecule has 1 saturated heterocycles. The first kappa shape index (κ1) is 16.2. The number of likely N-dealkylation sites (tertiary alicyclic amines) is 1. The molecule has 1 atom stereocenters. The van der Waals surface area contributed by atoms with Gasteiger partial charge in [0.05, 0.1) is 12.2 Å². The van der Waals surface area contributed by atoms with E-state index in [4.69, 9.17) is 0 Å². The van der Waals surface area contributed by atoms with Crippen LogP contribution in [0.2, 0.25) is 0 Å². The number of sulfonamides is 1. The maximum Gasteiger partial charge on any atom is 0.393 e. The number of hydrogen-bond acceptors (Lipinski definition) is 3. The van der Waals surface area contributed by atoms with Crippen LogP contribution in [0, 0.1) is 5.92 Å². The van der Waals surface area contributed by atoms with Crippen LogP contribution in [0.15, 0.2) is 0 Å². The average molecular weight is 302 g/mol. The van der Waals surface area contributed by atoms with E-state index in [1.807, 2.05) is 0 Å². The van der Waals surface area contributed by atoms with Crippen LogP contribution >= 0.6 is 0 Å². The molecule has 0 spiro atoms.